The van der Waals surface area contributed by atoms with Crippen LogP contribution in [0.3, 0.4) is 0 Å². The fourth-order valence-electron chi connectivity index (χ4n) is 3.42. The summed E-state index contributed by atoms with van der Waals surface area (Å²) in [6, 6.07) is 18.1. The van der Waals surface area contributed by atoms with Gasteiger partial charge in [0.2, 0.25) is 0 Å². The second-order valence-electron chi connectivity index (χ2n) is 7.26. The zero-order chi connectivity index (χ0) is 21.8. The molecular weight excluding hydrogens is 414 g/mol. The molecule has 0 fully saturated rings. The van der Waals surface area contributed by atoms with Gasteiger partial charge >= 0.3 is 0 Å². The molecule has 0 saturated carbocycles. The van der Waals surface area contributed by atoms with Gasteiger partial charge in [0.25, 0.3) is 0 Å². The molecule has 2 nitrogen and oxygen atoms in total. The van der Waals surface area contributed by atoms with Crippen LogP contribution in [0.15, 0.2) is 60.7 Å². The molecule has 0 aliphatic carbocycles. The molecule has 0 spiro atoms. The number of halogens is 2. The molecule has 0 aliphatic rings. The van der Waals surface area contributed by atoms with Gasteiger partial charge in [-0.15, -0.1) is 11.3 Å². The molecule has 0 unspecified atom stereocenters. The number of fused-ring (bicyclic) bond motifs is 1. The van der Waals surface area contributed by atoms with Crippen molar-refractivity contribution in [2.45, 2.75) is 26.7 Å². The highest BCUT2D eigenvalue weighted by Gasteiger charge is 2.15. The van der Waals surface area contributed by atoms with Crippen molar-refractivity contribution in [3.05, 3.63) is 72.3 Å². The van der Waals surface area contributed by atoms with Gasteiger partial charge in [-0.25, -0.2) is 8.78 Å². The summed E-state index contributed by atoms with van der Waals surface area (Å²) >= 11 is 1.23. The van der Waals surface area contributed by atoms with Crippen LogP contribution in [0.2, 0.25) is 0 Å². The minimum atomic E-state index is -0.395. The Morgan fingerprint density at radius 2 is 1.61 bits per heavy atom. The van der Waals surface area contributed by atoms with E-state index in [4.69, 9.17) is 9.47 Å². The Hall–Kier alpha value is -2.92. The first kappa shape index (κ1) is 21.3. The van der Waals surface area contributed by atoms with Crippen molar-refractivity contribution < 1.29 is 18.3 Å². The number of ether oxygens (including phenoxy) is 2. The Kier molecular flexibility index (Phi) is 6.52. The molecule has 5 heteroatoms. The summed E-state index contributed by atoms with van der Waals surface area (Å²) in [7, 11) is 0. The lowest BCUT2D eigenvalue weighted by Gasteiger charge is -2.08. The molecule has 4 aromatic rings. The molecule has 3 aromatic carbocycles. The van der Waals surface area contributed by atoms with E-state index in [2.05, 4.69) is 6.92 Å². The van der Waals surface area contributed by atoms with Crippen molar-refractivity contribution in [1.82, 2.24) is 0 Å². The first-order valence-corrected chi connectivity index (χ1v) is 11.3. The van der Waals surface area contributed by atoms with Crippen molar-refractivity contribution >= 4 is 21.4 Å². The lowest BCUT2D eigenvalue weighted by molar-refractivity contribution is 0.309. The van der Waals surface area contributed by atoms with Crippen molar-refractivity contribution in [2.75, 3.05) is 13.2 Å². The number of hydrogen-bond donors (Lipinski definition) is 0. The summed E-state index contributed by atoms with van der Waals surface area (Å²) in [6.45, 7) is 5.02. The highest BCUT2D eigenvalue weighted by molar-refractivity contribution is 7.22. The van der Waals surface area contributed by atoms with Gasteiger partial charge < -0.3 is 9.47 Å². The standard InChI is InChI=1S/C26H24F2O2S/c1-3-5-14-30-20-10-6-17(7-11-20)18-8-12-21(22(27)15-18)24-16-19-9-13-23(29-4-2)25(28)26(19)31-24/h6-13,15-16H,3-5,14H2,1-2H3. The predicted molar refractivity (Wildman–Crippen MR) is 124 cm³/mol. The summed E-state index contributed by atoms with van der Waals surface area (Å²) in [5.41, 5.74) is 2.16. The van der Waals surface area contributed by atoms with Gasteiger partial charge in [-0.2, -0.15) is 0 Å². The number of hydrogen-bond acceptors (Lipinski definition) is 3. The number of rotatable bonds is 8. The van der Waals surface area contributed by atoms with E-state index in [1.165, 1.54) is 17.4 Å². The quantitative estimate of drug-likeness (QED) is 0.259. The molecule has 0 saturated heterocycles. The van der Waals surface area contributed by atoms with E-state index in [9.17, 15) is 8.78 Å². The van der Waals surface area contributed by atoms with Crippen LogP contribution in [0.1, 0.15) is 26.7 Å². The van der Waals surface area contributed by atoms with Gasteiger partial charge in [-0.3, -0.25) is 0 Å². The zero-order valence-corrected chi connectivity index (χ0v) is 18.4. The van der Waals surface area contributed by atoms with E-state index in [1.807, 2.05) is 43.3 Å². The Bertz CT molecular complexity index is 1180. The first-order chi connectivity index (χ1) is 15.1. The lowest BCUT2D eigenvalue weighted by Crippen LogP contribution is -1.95. The van der Waals surface area contributed by atoms with Crippen LogP contribution < -0.4 is 9.47 Å². The Morgan fingerprint density at radius 1 is 0.839 bits per heavy atom. The second kappa shape index (κ2) is 9.48. The second-order valence-corrected chi connectivity index (χ2v) is 8.31. The molecule has 0 radical (unpaired) electrons. The minimum Gasteiger partial charge on any atom is -0.494 e. The molecule has 0 N–H and O–H groups in total. The van der Waals surface area contributed by atoms with Crippen molar-refractivity contribution in [3.8, 4) is 33.1 Å². The van der Waals surface area contributed by atoms with Crippen LogP contribution in [0.25, 0.3) is 31.7 Å². The highest BCUT2D eigenvalue weighted by Crippen LogP contribution is 2.39. The maximum atomic E-state index is 15.0. The van der Waals surface area contributed by atoms with Crippen molar-refractivity contribution in [2.24, 2.45) is 0 Å². The van der Waals surface area contributed by atoms with Crippen LogP contribution >= 0.6 is 11.3 Å². The van der Waals surface area contributed by atoms with Gasteiger partial charge in [0.15, 0.2) is 11.6 Å². The molecule has 0 atom stereocenters. The summed E-state index contributed by atoms with van der Waals surface area (Å²) in [5, 5.41) is 0.739. The van der Waals surface area contributed by atoms with Gasteiger partial charge in [0.1, 0.15) is 11.6 Å². The minimum absolute atomic E-state index is 0.223. The summed E-state index contributed by atoms with van der Waals surface area (Å²) in [6.07, 6.45) is 2.10. The van der Waals surface area contributed by atoms with E-state index in [0.717, 1.165) is 35.1 Å². The van der Waals surface area contributed by atoms with Gasteiger partial charge in [-0.1, -0.05) is 31.5 Å². The number of thiophene rings is 1. The van der Waals surface area contributed by atoms with Gasteiger partial charge in [0.05, 0.1) is 17.9 Å². The zero-order valence-electron chi connectivity index (χ0n) is 17.6. The van der Waals surface area contributed by atoms with Crippen LogP contribution in [-0.2, 0) is 0 Å². The normalized spacial score (nSPS) is 11.1. The molecule has 4 rings (SSSR count). The smallest absolute Gasteiger partial charge is 0.182 e. The van der Waals surface area contributed by atoms with E-state index >= 15 is 0 Å². The van der Waals surface area contributed by atoms with Gasteiger partial charge in [0, 0.05) is 10.4 Å². The maximum absolute atomic E-state index is 15.0. The topological polar surface area (TPSA) is 18.5 Å². The fourth-order valence-corrected chi connectivity index (χ4v) is 4.54. The summed E-state index contributed by atoms with van der Waals surface area (Å²) in [5.74, 6) is 0.306. The van der Waals surface area contributed by atoms with Crippen LogP contribution in [-0.4, -0.2) is 13.2 Å². The third kappa shape index (κ3) is 4.57. The Morgan fingerprint density at radius 3 is 2.32 bits per heavy atom. The average molecular weight is 439 g/mol. The van der Waals surface area contributed by atoms with E-state index in [-0.39, 0.29) is 11.6 Å². The molecular formula is C26H24F2O2S. The number of unbranched alkanes of at least 4 members (excludes halogenated alkanes) is 1. The van der Waals surface area contributed by atoms with Crippen LogP contribution in [0, 0.1) is 11.6 Å². The molecule has 31 heavy (non-hydrogen) atoms. The van der Waals surface area contributed by atoms with Crippen LogP contribution in [0.4, 0.5) is 8.78 Å². The molecule has 0 bridgehead atoms. The predicted octanol–water partition coefficient (Wildman–Crippen LogP) is 8.09. The molecule has 1 aromatic heterocycles. The molecule has 160 valence electrons. The monoisotopic (exact) mass is 438 g/mol. The van der Waals surface area contributed by atoms with E-state index in [1.54, 1.807) is 18.2 Å². The van der Waals surface area contributed by atoms with E-state index in [0.29, 0.717) is 28.4 Å². The maximum Gasteiger partial charge on any atom is 0.182 e. The van der Waals surface area contributed by atoms with Crippen LogP contribution in [0.5, 0.6) is 11.5 Å². The van der Waals surface area contributed by atoms with Crippen molar-refractivity contribution in [3.63, 3.8) is 0 Å². The third-order valence-corrected chi connectivity index (χ3v) is 6.26. The number of benzene rings is 3. The molecule has 1 heterocycles. The SMILES string of the molecule is CCCCOc1ccc(-c2ccc(-c3cc4ccc(OCC)c(F)c4s3)c(F)c2)cc1. The highest BCUT2D eigenvalue weighted by atomic mass is 32.1. The summed E-state index contributed by atoms with van der Waals surface area (Å²) in [4.78, 5) is 0.686. The Balaban J connectivity index is 1.59. The first-order valence-electron chi connectivity index (χ1n) is 10.5. The third-order valence-electron chi connectivity index (χ3n) is 5.08. The summed E-state index contributed by atoms with van der Waals surface area (Å²) < 4.78 is 41.2. The molecule has 0 aliphatic heterocycles. The average Bonchev–Trinajstić information content (AvgIpc) is 3.21. The fraction of sp³-hybridized carbons (Fsp3) is 0.231. The van der Waals surface area contributed by atoms with Crippen molar-refractivity contribution in [1.29, 1.82) is 0 Å². The van der Waals surface area contributed by atoms with Gasteiger partial charge in [-0.05, 0) is 72.3 Å². The van der Waals surface area contributed by atoms with E-state index < -0.39 is 5.82 Å². The molecule has 0 amide bonds. The lowest BCUT2D eigenvalue weighted by atomic mass is 10.0. The Labute approximate surface area is 185 Å². The largest absolute Gasteiger partial charge is 0.494 e.